The fourth-order valence-electron chi connectivity index (χ4n) is 2.55. The van der Waals surface area contributed by atoms with Crippen LogP contribution in [0.2, 0.25) is 0 Å². The molecule has 13 heteroatoms. The molecule has 0 aromatic carbocycles. The molecule has 0 radical (unpaired) electrons. The normalized spacial score (nSPS) is 14.3. The van der Waals surface area contributed by atoms with Crippen LogP contribution < -0.4 is 59.1 Å². The number of hydrogen-bond acceptors (Lipinski definition) is 9. The summed E-state index contributed by atoms with van der Waals surface area (Å²) in [5.41, 5.74) is 0. The molecule has 0 saturated carbocycles. The van der Waals surface area contributed by atoms with Gasteiger partial charge in [0, 0.05) is 13.1 Å². The van der Waals surface area contributed by atoms with Crippen molar-refractivity contribution in [3.05, 3.63) is 0 Å². The van der Waals surface area contributed by atoms with Gasteiger partial charge in [-0.3, -0.25) is 4.90 Å². The Labute approximate surface area is 207 Å². The van der Waals surface area contributed by atoms with Gasteiger partial charge in [0.15, 0.2) is 0 Å². The predicted octanol–water partition coefficient (Wildman–Crippen LogP) is -6.53. The van der Waals surface area contributed by atoms with Gasteiger partial charge >= 0.3 is 59.1 Å². The third kappa shape index (κ3) is 23.8. The molecule has 0 bridgehead atoms. The van der Waals surface area contributed by atoms with E-state index in [0.29, 0.717) is 13.0 Å². The average Bonchev–Trinajstić information content (AvgIpc) is 2.37. The van der Waals surface area contributed by atoms with Crippen molar-refractivity contribution in [1.82, 2.24) is 4.90 Å². The van der Waals surface area contributed by atoms with E-state index >= 15 is 0 Å². The maximum absolute atomic E-state index is 10.7. The molecule has 0 amide bonds. The number of unbranched alkanes of at least 4 members (excludes halogenated alkanes) is 5. The number of aliphatic hydroxyl groups excluding tert-OH is 2. The van der Waals surface area contributed by atoms with Crippen LogP contribution in [0.15, 0.2) is 0 Å². The Morgan fingerprint density at radius 3 is 1.52 bits per heavy atom. The fourth-order valence-corrected chi connectivity index (χ4v) is 3.70. The van der Waals surface area contributed by atoms with Gasteiger partial charge in [-0.1, -0.05) is 39.0 Å². The van der Waals surface area contributed by atoms with E-state index in [-0.39, 0.29) is 72.2 Å². The standard InChI is InChI=1S/C14H31NO8S2.2Na/c1-2-3-4-5-6-7-8-15(9-13(16)11-24(18,19)20)10-14(17)12-25(21,22)23;;/h13-14,16-17H,2-12H2,1H3,(H,18,19,20)(H,21,22,23);;/q;2*+1/p-2. The van der Waals surface area contributed by atoms with E-state index in [1.807, 2.05) is 0 Å². The van der Waals surface area contributed by atoms with E-state index in [4.69, 9.17) is 0 Å². The Morgan fingerprint density at radius 1 is 0.778 bits per heavy atom. The topological polar surface area (TPSA) is 158 Å². The zero-order valence-electron chi connectivity index (χ0n) is 16.5. The molecular weight excluding hydrogens is 420 g/mol. The maximum Gasteiger partial charge on any atom is 1.00 e. The van der Waals surface area contributed by atoms with Gasteiger partial charge in [-0.25, -0.2) is 16.8 Å². The maximum atomic E-state index is 10.7. The first-order valence-corrected chi connectivity index (χ1v) is 11.5. The van der Waals surface area contributed by atoms with Crippen molar-refractivity contribution >= 4 is 20.2 Å². The Morgan fingerprint density at radius 2 is 1.15 bits per heavy atom. The molecule has 9 nitrogen and oxygen atoms in total. The molecule has 0 aromatic rings. The van der Waals surface area contributed by atoms with Crippen LogP contribution in [0.1, 0.15) is 45.4 Å². The van der Waals surface area contributed by atoms with Crippen LogP contribution in [0.3, 0.4) is 0 Å². The quantitative estimate of drug-likeness (QED) is 0.141. The van der Waals surface area contributed by atoms with Crippen LogP contribution in [0.4, 0.5) is 0 Å². The zero-order valence-corrected chi connectivity index (χ0v) is 22.2. The SMILES string of the molecule is CCCCCCCCN(CC(O)CS(=O)(=O)[O-])CC(O)CS(=O)(=O)[O-].[Na+].[Na+]. The van der Waals surface area contributed by atoms with Crippen molar-refractivity contribution in [1.29, 1.82) is 0 Å². The summed E-state index contributed by atoms with van der Waals surface area (Å²) in [6.07, 6.45) is 3.04. The number of hydrogen-bond donors (Lipinski definition) is 2. The van der Waals surface area contributed by atoms with Crippen molar-refractivity contribution in [3.8, 4) is 0 Å². The summed E-state index contributed by atoms with van der Waals surface area (Å²) in [7, 11) is -9.19. The van der Waals surface area contributed by atoms with Gasteiger partial charge in [-0.15, -0.1) is 0 Å². The second-order valence-electron chi connectivity index (χ2n) is 6.28. The van der Waals surface area contributed by atoms with Crippen LogP contribution in [-0.2, 0) is 20.2 Å². The molecule has 0 aliphatic rings. The van der Waals surface area contributed by atoms with Crippen molar-refractivity contribution in [2.24, 2.45) is 0 Å². The summed E-state index contributed by atoms with van der Waals surface area (Å²) >= 11 is 0. The molecule has 0 rings (SSSR count). The van der Waals surface area contributed by atoms with E-state index in [9.17, 15) is 36.2 Å². The summed E-state index contributed by atoms with van der Waals surface area (Å²) in [6.45, 7) is 2.08. The van der Waals surface area contributed by atoms with Crippen molar-refractivity contribution in [3.63, 3.8) is 0 Å². The first kappa shape index (κ1) is 33.3. The molecule has 0 spiro atoms. The second-order valence-corrected chi connectivity index (χ2v) is 9.18. The summed E-state index contributed by atoms with van der Waals surface area (Å²) in [5.74, 6) is -1.92. The Kier molecular flexibility index (Phi) is 21.5. The molecule has 2 atom stereocenters. The number of rotatable bonds is 15. The van der Waals surface area contributed by atoms with Gasteiger partial charge in [0.2, 0.25) is 0 Å². The first-order chi connectivity index (χ1) is 11.4. The number of nitrogens with zero attached hydrogens (tertiary/aromatic N) is 1. The third-order valence-electron chi connectivity index (χ3n) is 3.56. The van der Waals surface area contributed by atoms with Crippen molar-refractivity contribution < 1.29 is 95.3 Å². The predicted molar refractivity (Wildman–Crippen MR) is 91.0 cm³/mol. The molecule has 2 unspecified atom stereocenters. The average molecular weight is 449 g/mol. The molecule has 0 aliphatic heterocycles. The van der Waals surface area contributed by atoms with Crippen LogP contribution in [0, 0.1) is 0 Å². The number of aliphatic hydroxyl groups is 2. The summed E-state index contributed by atoms with van der Waals surface area (Å²) < 4.78 is 64.1. The molecule has 2 N–H and O–H groups in total. The monoisotopic (exact) mass is 449 g/mol. The van der Waals surface area contributed by atoms with E-state index in [1.54, 1.807) is 0 Å². The van der Waals surface area contributed by atoms with Gasteiger partial charge in [-0.2, -0.15) is 0 Å². The van der Waals surface area contributed by atoms with Crippen LogP contribution in [0.25, 0.3) is 0 Å². The largest absolute Gasteiger partial charge is 1.00 e. The molecule has 0 fully saturated rings. The molecule has 0 aliphatic carbocycles. The van der Waals surface area contributed by atoms with E-state index in [0.717, 1.165) is 32.1 Å². The summed E-state index contributed by atoms with van der Waals surface area (Å²) in [6, 6.07) is 0. The zero-order chi connectivity index (χ0) is 19.5. The fraction of sp³-hybridized carbons (Fsp3) is 1.00. The molecule has 0 saturated heterocycles. The van der Waals surface area contributed by atoms with Crippen LogP contribution in [0.5, 0.6) is 0 Å². The molecule has 0 aromatic heterocycles. The Hall–Kier alpha value is 1.70. The van der Waals surface area contributed by atoms with E-state index in [1.165, 1.54) is 4.90 Å². The summed E-state index contributed by atoms with van der Waals surface area (Å²) in [5, 5.41) is 19.4. The third-order valence-corrected chi connectivity index (χ3v) is 5.14. The minimum atomic E-state index is -4.60. The van der Waals surface area contributed by atoms with Gasteiger partial charge < -0.3 is 19.3 Å². The smallest absolute Gasteiger partial charge is 0.748 e. The van der Waals surface area contributed by atoms with Gasteiger partial charge in [-0.05, 0) is 13.0 Å². The molecule has 152 valence electrons. The minimum Gasteiger partial charge on any atom is -0.748 e. The van der Waals surface area contributed by atoms with Crippen LogP contribution >= 0.6 is 0 Å². The van der Waals surface area contributed by atoms with Crippen LogP contribution in [-0.4, -0.2) is 84.4 Å². The molecule has 27 heavy (non-hydrogen) atoms. The second kappa shape index (κ2) is 17.4. The Bertz CT molecular complexity index is 517. The van der Waals surface area contributed by atoms with Crippen molar-refractivity contribution in [2.45, 2.75) is 57.7 Å². The first-order valence-electron chi connectivity index (χ1n) is 8.38. The molecular formula is C14H29NNa2O8S2. The van der Waals surface area contributed by atoms with Crippen molar-refractivity contribution in [2.75, 3.05) is 31.1 Å². The van der Waals surface area contributed by atoms with E-state index in [2.05, 4.69) is 6.92 Å². The minimum absolute atomic E-state index is 0. The Balaban J connectivity index is -0.00000288. The van der Waals surface area contributed by atoms with Gasteiger partial charge in [0.05, 0.1) is 43.9 Å². The van der Waals surface area contributed by atoms with E-state index < -0.39 is 43.9 Å². The van der Waals surface area contributed by atoms with Gasteiger partial charge in [0.25, 0.3) is 0 Å². The summed E-state index contributed by atoms with van der Waals surface area (Å²) in [4.78, 5) is 1.48. The molecule has 0 heterocycles. The van der Waals surface area contributed by atoms with Gasteiger partial charge in [0.1, 0.15) is 0 Å².